The maximum absolute atomic E-state index is 12.5. The Bertz CT molecular complexity index is 845. The number of fused-ring (bicyclic) bond motifs is 2. The molecule has 122 valence electrons. The van der Waals surface area contributed by atoms with Crippen LogP contribution in [0.25, 0.3) is 0 Å². The molecule has 5 nitrogen and oxygen atoms in total. The lowest BCUT2D eigenvalue weighted by atomic mass is 10.1. The van der Waals surface area contributed by atoms with E-state index in [-0.39, 0.29) is 11.8 Å². The van der Waals surface area contributed by atoms with Gasteiger partial charge in [-0.3, -0.25) is 9.59 Å². The molecule has 1 heterocycles. The molecule has 5 heteroatoms. The molecule has 0 saturated carbocycles. The van der Waals surface area contributed by atoms with Crippen LogP contribution >= 0.6 is 0 Å². The molecule has 2 aliphatic rings. The Morgan fingerprint density at radius 2 is 2.00 bits per heavy atom. The number of anilines is 2. The molecule has 0 spiro atoms. The molecule has 2 aromatic carbocycles. The Morgan fingerprint density at radius 3 is 2.88 bits per heavy atom. The van der Waals surface area contributed by atoms with Crippen molar-refractivity contribution in [1.82, 2.24) is 0 Å². The molecular formula is C19H18N2O3. The number of ether oxygens (including phenoxy) is 1. The summed E-state index contributed by atoms with van der Waals surface area (Å²) < 4.78 is 5.51. The highest BCUT2D eigenvalue weighted by Gasteiger charge is 2.23. The highest BCUT2D eigenvalue weighted by atomic mass is 16.5. The lowest BCUT2D eigenvalue weighted by Crippen LogP contribution is -2.34. The van der Waals surface area contributed by atoms with Crippen LogP contribution in [-0.2, 0) is 17.6 Å². The highest BCUT2D eigenvalue weighted by Crippen LogP contribution is 2.32. The van der Waals surface area contributed by atoms with Crippen molar-refractivity contribution in [2.75, 3.05) is 10.6 Å². The van der Waals surface area contributed by atoms with Gasteiger partial charge in [0.15, 0.2) is 6.10 Å². The summed E-state index contributed by atoms with van der Waals surface area (Å²) in [4.78, 5) is 24.2. The topological polar surface area (TPSA) is 67.4 Å². The minimum Gasteiger partial charge on any atom is -0.479 e. The van der Waals surface area contributed by atoms with Crippen molar-refractivity contribution in [1.29, 1.82) is 0 Å². The van der Waals surface area contributed by atoms with Gasteiger partial charge in [0.05, 0.1) is 5.69 Å². The molecule has 0 aromatic heterocycles. The van der Waals surface area contributed by atoms with Crippen LogP contribution < -0.4 is 15.4 Å². The molecule has 4 rings (SSSR count). The Balaban J connectivity index is 1.54. The molecule has 0 saturated heterocycles. The number of hydrogen-bond acceptors (Lipinski definition) is 3. The first kappa shape index (κ1) is 14.8. The minimum atomic E-state index is -0.510. The lowest BCUT2D eigenvalue weighted by molar-refractivity contribution is -0.122. The summed E-state index contributed by atoms with van der Waals surface area (Å²) in [5.41, 5.74) is 4.46. The van der Waals surface area contributed by atoms with Crippen LogP contribution in [0.4, 0.5) is 11.4 Å². The van der Waals surface area contributed by atoms with Gasteiger partial charge in [-0.2, -0.15) is 0 Å². The van der Waals surface area contributed by atoms with E-state index in [1.807, 2.05) is 18.2 Å². The molecule has 2 aromatic rings. The average molecular weight is 322 g/mol. The monoisotopic (exact) mass is 322 g/mol. The summed E-state index contributed by atoms with van der Waals surface area (Å²) >= 11 is 0. The van der Waals surface area contributed by atoms with Gasteiger partial charge in [0.2, 0.25) is 0 Å². The molecule has 0 fully saturated rings. The fourth-order valence-corrected chi connectivity index (χ4v) is 3.20. The van der Waals surface area contributed by atoms with E-state index in [4.69, 9.17) is 4.74 Å². The number of hydrogen-bond donors (Lipinski definition) is 2. The van der Waals surface area contributed by atoms with Crippen molar-refractivity contribution in [3.05, 3.63) is 53.1 Å². The van der Waals surface area contributed by atoms with E-state index in [0.29, 0.717) is 22.7 Å². The summed E-state index contributed by atoms with van der Waals surface area (Å²) in [6.45, 7) is 1.70. The normalized spacial score (nSPS) is 18.2. The van der Waals surface area contributed by atoms with Gasteiger partial charge in [0, 0.05) is 11.3 Å². The van der Waals surface area contributed by atoms with Crippen molar-refractivity contribution < 1.29 is 14.3 Å². The van der Waals surface area contributed by atoms with Crippen LogP contribution in [0.2, 0.25) is 0 Å². The van der Waals surface area contributed by atoms with Crippen LogP contribution in [0.15, 0.2) is 36.4 Å². The lowest BCUT2D eigenvalue weighted by Gasteiger charge is -2.23. The van der Waals surface area contributed by atoms with Gasteiger partial charge in [-0.15, -0.1) is 0 Å². The smallest absolute Gasteiger partial charge is 0.265 e. The molecule has 2 amide bonds. The van der Waals surface area contributed by atoms with E-state index >= 15 is 0 Å². The summed E-state index contributed by atoms with van der Waals surface area (Å²) in [7, 11) is 0. The third-order valence-electron chi connectivity index (χ3n) is 4.53. The van der Waals surface area contributed by atoms with Crippen molar-refractivity contribution in [2.24, 2.45) is 0 Å². The second-order valence-electron chi connectivity index (χ2n) is 6.25. The predicted molar refractivity (Wildman–Crippen MR) is 91.6 cm³/mol. The molecule has 1 aliphatic heterocycles. The third kappa shape index (κ3) is 2.62. The van der Waals surface area contributed by atoms with Gasteiger partial charge in [0.25, 0.3) is 11.8 Å². The fraction of sp³-hybridized carbons (Fsp3) is 0.263. The molecule has 24 heavy (non-hydrogen) atoms. The number of aryl methyl sites for hydroxylation is 2. The number of carbonyl (C=O) groups is 2. The van der Waals surface area contributed by atoms with Gasteiger partial charge in [-0.1, -0.05) is 6.07 Å². The van der Waals surface area contributed by atoms with Crippen LogP contribution in [-0.4, -0.2) is 17.9 Å². The van der Waals surface area contributed by atoms with Gasteiger partial charge < -0.3 is 15.4 Å². The quantitative estimate of drug-likeness (QED) is 0.892. The summed E-state index contributed by atoms with van der Waals surface area (Å²) in [5.74, 6) is 0.267. The van der Waals surface area contributed by atoms with E-state index in [9.17, 15) is 9.59 Å². The third-order valence-corrected chi connectivity index (χ3v) is 4.53. The largest absolute Gasteiger partial charge is 0.479 e. The maximum Gasteiger partial charge on any atom is 0.265 e. The zero-order chi connectivity index (χ0) is 16.7. The van der Waals surface area contributed by atoms with Crippen molar-refractivity contribution in [3.8, 4) is 5.75 Å². The van der Waals surface area contributed by atoms with E-state index in [1.54, 1.807) is 25.1 Å². The number of benzene rings is 2. The zero-order valence-corrected chi connectivity index (χ0v) is 13.4. The average Bonchev–Trinajstić information content (AvgIpc) is 3.03. The Hall–Kier alpha value is -2.82. The Labute approximate surface area is 140 Å². The highest BCUT2D eigenvalue weighted by molar-refractivity contribution is 6.05. The SMILES string of the molecule is C[C@@H]1Oc2ccc(NC(=O)c3ccc4c(c3)CCC4)cc2NC1=O. The minimum absolute atomic E-state index is 0.152. The summed E-state index contributed by atoms with van der Waals surface area (Å²) in [5, 5.41) is 5.66. The molecule has 0 bridgehead atoms. The Morgan fingerprint density at radius 1 is 1.17 bits per heavy atom. The molecule has 0 radical (unpaired) electrons. The standard InChI is InChI=1S/C19H18N2O3/c1-11-18(22)21-16-10-15(7-8-17(16)24-11)20-19(23)14-6-5-12-3-2-4-13(12)9-14/h5-11H,2-4H2,1H3,(H,20,23)(H,21,22)/t11-/m0/s1. The van der Waals surface area contributed by atoms with Gasteiger partial charge in [-0.05, 0) is 67.6 Å². The first-order valence-corrected chi connectivity index (χ1v) is 8.15. The second kappa shape index (κ2) is 5.67. The van der Waals surface area contributed by atoms with E-state index in [2.05, 4.69) is 10.6 Å². The fourth-order valence-electron chi connectivity index (χ4n) is 3.20. The van der Waals surface area contributed by atoms with E-state index in [1.165, 1.54) is 11.1 Å². The maximum atomic E-state index is 12.5. The number of rotatable bonds is 2. The molecule has 1 aliphatic carbocycles. The first-order valence-electron chi connectivity index (χ1n) is 8.15. The van der Waals surface area contributed by atoms with Crippen LogP contribution in [0.5, 0.6) is 5.75 Å². The van der Waals surface area contributed by atoms with Crippen LogP contribution in [0, 0.1) is 0 Å². The summed E-state index contributed by atoms with van der Waals surface area (Å²) in [6, 6.07) is 11.1. The number of nitrogens with one attached hydrogen (secondary N) is 2. The van der Waals surface area contributed by atoms with E-state index < -0.39 is 6.10 Å². The van der Waals surface area contributed by atoms with Gasteiger partial charge in [-0.25, -0.2) is 0 Å². The van der Waals surface area contributed by atoms with Crippen molar-refractivity contribution >= 4 is 23.2 Å². The molecule has 2 N–H and O–H groups in total. The van der Waals surface area contributed by atoms with Crippen molar-refractivity contribution in [3.63, 3.8) is 0 Å². The van der Waals surface area contributed by atoms with Gasteiger partial charge >= 0.3 is 0 Å². The Kier molecular flexibility index (Phi) is 3.49. The summed E-state index contributed by atoms with van der Waals surface area (Å²) in [6.07, 6.45) is 2.78. The molecule has 0 unspecified atom stereocenters. The van der Waals surface area contributed by atoms with Crippen LogP contribution in [0.3, 0.4) is 0 Å². The predicted octanol–water partition coefficient (Wildman–Crippen LogP) is 3.15. The first-order chi connectivity index (χ1) is 11.6. The zero-order valence-electron chi connectivity index (χ0n) is 13.4. The number of amides is 2. The molecular weight excluding hydrogens is 304 g/mol. The van der Waals surface area contributed by atoms with Crippen molar-refractivity contribution in [2.45, 2.75) is 32.3 Å². The van der Waals surface area contributed by atoms with E-state index in [0.717, 1.165) is 19.3 Å². The second-order valence-corrected chi connectivity index (χ2v) is 6.25. The van der Waals surface area contributed by atoms with Gasteiger partial charge in [0.1, 0.15) is 5.75 Å². The molecule has 1 atom stereocenters. The van der Waals surface area contributed by atoms with Crippen LogP contribution in [0.1, 0.15) is 34.8 Å². The number of carbonyl (C=O) groups excluding carboxylic acids is 2.